The molecule has 1 aliphatic carbocycles. The standard InChI is InChI=1S/C40H42Cl2FN5O3/c1-22(2)35-28-20-31(30-12-8-17-47(30)38(49)23-13-14-23)48(25-15-18-46(21-25)39(50)51-40(3,4)5)37(28)27-19-24(9-7-16-44)32(34(43)36(27)45-35)26-10-6-11-29(41)33(26)42/h6,10-11,19-20,23,25,30H,1,7-9,12-15,17-18,21H2,2-5H3. The van der Waals surface area contributed by atoms with Gasteiger partial charge in [-0.05, 0) is 95.6 Å². The molecule has 0 spiro atoms. The largest absolute Gasteiger partial charge is 0.444 e. The zero-order chi connectivity index (χ0) is 36.4. The number of fused-ring (bicyclic) bond motifs is 3. The first-order valence-corrected chi connectivity index (χ1v) is 18.5. The molecule has 2 aromatic heterocycles. The number of nitrogens with zero attached hydrogens (tertiary/aromatic N) is 5. The molecule has 2 unspecified atom stereocenters. The lowest BCUT2D eigenvalue weighted by molar-refractivity contribution is -0.133. The highest BCUT2D eigenvalue weighted by Crippen LogP contribution is 2.47. The van der Waals surface area contributed by atoms with Gasteiger partial charge in [0.2, 0.25) is 5.91 Å². The minimum atomic E-state index is -0.646. The number of likely N-dealkylation sites (tertiary alicyclic amines) is 2. The van der Waals surface area contributed by atoms with Crippen molar-refractivity contribution in [2.75, 3.05) is 19.6 Å². The van der Waals surface area contributed by atoms with E-state index in [4.69, 9.17) is 32.9 Å². The quantitative estimate of drug-likeness (QED) is 0.189. The molecule has 3 aliphatic rings. The van der Waals surface area contributed by atoms with E-state index in [1.807, 2.05) is 38.7 Å². The number of hydrogen-bond acceptors (Lipinski definition) is 5. The molecule has 3 fully saturated rings. The van der Waals surface area contributed by atoms with E-state index < -0.39 is 11.4 Å². The molecule has 2 amide bonds. The Morgan fingerprint density at radius 3 is 2.57 bits per heavy atom. The molecule has 8 nitrogen and oxygen atoms in total. The number of amides is 2. The number of rotatable bonds is 7. The first-order chi connectivity index (χ1) is 24.3. The second kappa shape index (κ2) is 13.4. The number of ether oxygens (including phenoxy) is 1. The molecular formula is C40H42Cl2FN5O3. The summed E-state index contributed by atoms with van der Waals surface area (Å²) in [5, 5.41) is 11.5. The lowest BCUT2D eigenvalue weighted by Crippen LogP contribution is -2.36. The van der Waals surface area contributed by atoms with Crippen LogP contribution in [0.3, 0.4) is 0 Å². The lowest BCUT2D eigenvalue weighted by atomic mass is 9.92. The number of hydrogen-bond donors (Lipinski definition) is 0. The van der Waals surface area contributed by atoms with Crippen molar-refractivity contribution in [1.82, 2.24) is 19.4 Å². The summed E-state index contributed by atoms with van der Waals surface area (Å²) in [7, 11) is 0. The fourth-order valence-electron chi connectivity index (χ4n) is 7.85. The van der Waals surface area contributed by atoms with Crippen molar-refractivity contribution >= 4 is 62.6 Å². The Morgan fingerprint density at radius 1 is 1.12 bits per heavy atom. The van der Waals surface area contributed by atoms with Crippen LogP contribution in [-0.4, -0.2) is 56.6 Å². The fraction of sp³-hybridized carbons (Fsp3) is 0.450. The Morgan fingerprint density at radius 2 is 1.88 bits per heavy atom. The Bertz CT molecular complexity index is 2140. The normalized spacial score (nSPS) is 19.3. The van der Waals surface area contributed by atoms with Gasteiger partial charge in [-0.1, -0.05) is 41.9 Å². The molecular weight excluding hydrogens is 688 g/mol. The van der Waals surface area contributed by atoms with Crippen LogP contribution in [0.1, 0.15) is 95.3 Å². The molecule has 4 heterocycles. The van der Waals surface area contributed by atoms with Gasteiger partial charge in [0.05, 0.1) is 39.4 Å². The predicted molar refractivity (Wildman–Crippen MR) is 199 cm³/mol. The molecule has 0 bridgehead atoms. The summed E-state index contributed by atoms with van der Waals surface area (Å²) in [4.78, 5) is 35.6. The molecule has 7 rings (SSSR count). The van der Waals surface area contributed by atoms with Crippen molar-refractivity contribution in [2.45, 2.75) is 90.3 Å². The molecule has 1 saturated carbocycles. The molecule has 2 saturated heterocycles. The summed E-state index contributed by atoms with van der Waals surface area (Å²) in [6.07, 6.45) is 4.21. The van der Waals surface area contributed by atoms with Crippen LogP contribution in [-0.2, 0) is 16.0 Å². The predicted octanol–water partition coefficient (Wildman–Crippen LogP) is 10.0. The second-order valence-electron chi connectivity index (χ2n) is 15.2. The van der Waals surface area contributed by atoms with Crippen molar-refractivity contribution in [3.63, 3.8) is 0 Å². The fourth-order valence-corrected chi connectivity index (χ4v) is 8.25. The zero-order valence-electron chi connectivity index (χ0n) is 29.5. The van der Waals surface area contributed by atoms with E-state index in [0.29, 0.717) is 58.9 Å². The van der Waals surface area contributed by atoms with Crippen molar-refractivity contribution in [1.29, 1.82) is 5.26 Å². The molecule has 2 aliphatic heterocycles. The number of aryl methyl sites for hydroxylation is 1. The maximum Gasteiger partial charge on any atom is 0.410 e. The van der Waals surface area contributed by atoms with Crippen LogP contribution in [0, 0.1) is 23.1 Å². The van der Waals surface area contributed by atoms with E-state index in [9.17, 15) is 14.9 Å². The number of halogens is 3. The van der Waals surface area contributed by atoms with Gasteiger partial charge in [0.1, 0.15) is 11.1 Å². The van der Waals surface area contributed by atoms with E-state index in [1.54, 1.807) is 23.1 Å². The molecule has 2 aromatic carbocycles. The van der Waals surface area contributed by atoms with Gasteiger partial charge in [-0.15, -0.1) is 0 Å². The summed E-state index contributed by atoms with van der Waals surface area (Å²) in [5.41, 5.74) is 3.75. The lowest BCUT2D eigenvalue weighted by Gasteiger charge is -2.29. The van der Waals surface area contributed by atoms with Crippen molar-refractivity contribution < 1.29 is 18.7 Å². The topological polar surface area (TPSA) is 91.5 Å². The molecule has 11 heteroatoms. The van der Waals surface area contributed by atoms with Gasteiger partial charge in [-0.25, -0.2) is 14.2 Å². The summed E-state index contributed by atoms with van der Waals surface area (Å²) in [6, 6.07) is 11.0. The number of pyridine rings is 1. The van der Waals surface area contributed by atoms with Gasteiger partial charge in [-0.2, -0.15) is 5.26 Å². The summed E-state index contributed by atoms with van der Waals surface area (Å²) < 4.78 is 25.3. The monoisotopic (exact) mass is 729 g/mol. The van der Waals surface area contributed by atoms with Gasteiger partial charge in [0, 0.05) is 59.6 Å². The van der Waals surface area contributed by atoms with E-state index in [0.717, 1.165) is 42.3 Å². The second-order valence-corrected chi connectivity index (χ2v) is 15.9. The van der Waals surface area contributed by atoms with Gasteiger partial charge in [-0.3, -0.25) is 4.79 Å². The smallest absolute Gasteiger partial charge is 0.410 e. The molecule has 51 heavy (non-hydrogen) atoms. The first kappa shape index (κ1) is 35.3. The number of carbonyl (C=O) groups is 2. The Balaban J connectivity index is 1.51. The maximum absolute atomic E-state index is 17.3. The number of carbonyl (C=O) groups excluding carboxylic acids is 2. The molecule has 0 N–H and O–H groups in total. The zero-order valence-corrected chi connectivity index (χ0v) is 31.0. The van der Waals surface area contributed by atoms with E-state index in [-0.39, 0.29) is 58.9 Å². The van der Waals surface area contributed by atoms with Crippen LogP contribution in [0.25, 0.3) is 38.5 Å². The molecule has 4 aromatic rings. The van der Waals surface area contributed by atoms with Crippen LogP contribution in [0.5, 0.6) is 0 Å². The highest BCUT2D eigenvalue weighted by atomic mass is 35.5. The Labute approximate surface area is 307 Å². The third-order valence-electron chi connectivity index (χ3n) is 10.2. The van der Waals surface area contributed by atoms with Crippen LogP contribution >= 0.6 is 23.2 Å². The van der Waals surface area contributed by atoms with Crippen LogP contribution in [0.2, 0.25) is 10.0 Å². The van der Waals surface area contributed by atoms with Crippen LogP contribution in [0.4, 0.5) is 9.18 Å². The van der Waals surface area contributed by atoms with Crippen molar-refractivity contribution in [3.05, 3.63) is 69.7 Å². The number of benzene rings is 2. The summed E-state index contributed by atoms with van der Waals surface area (Å²) >= 11 is 13.1. The molecule has 0 radical (unpaired) electrons. The van der Waals surface area contributed by atoms with E-state index in [2.05, 4.69) is 23.3 Å². The average Bonchev–Trinajstić information content (AvgIpc) is 3.43. The Hall–Kier alpha value is -4.13. The highest BCUT2D eigenvalue weighted by molar-refractivity contribution is 6.43. The minimum Gasteiger partial charge on any atom is -0.444 e. The van der Waals surface area contributed by atoms with Gasteiger partial charge in [0.25, 0.3) is 0 Å². The third-order valence-corrected chi connectivity index (χ3v) is 11.1. The van der Waals surface area contributed by atoms with Gasteiger partial charge < -0.3 is 19.1 Å². The van der Waals surface area contributed by atoms with Gasteiger partial charge >= 0.3 is 6.09 Å². The van der Waals surface area contributed by atoms with Crippen molar-refractivity contribution in [3.8, 4) is 17.2 Å². The number of allylic oxidation sites excluding steroid dienone is 1. The minimum absolute atomic E-state index is 0.0690. The van der Waals surface area contributed by atoms with E-state index >= 15 is 4.39 Å². The first-order valence-electron chi connectivity index (χ1n) is 17.7. The molecule has 266 valence electrons. The van der Waals surface area contributed by atoms with E-state index in [1.165, 1.54) is 0 Å². The van der Waals surface area contributed by atoms with Crippen molar-refractivity contribution in [2.24, 2.45) is 5.92 Å². The Kier molecular flexibility index (Phi) is 9.30. The number of nitriles is 1. The van der Waals surface area contributed by atoms with Gasteiger partial charge in [0.15, 0.2) is 5.82 Å². The average molecular weight is 731 g/mol. The SMILES string of the molecule is C=C(C)c1nc2c(F)c(-c3cccc(Cl)c3Cl)c(CCC#N)cc2c2c1cc(C1CCCN1C(=O)C1CC1)n2C1CCN(C(=O)OC(C)(C)C)C1. The highest BCUT2D eigenvalue weighted by Gasteiger charge is 2.42. The summed E-state index contributed by atoms with van der Waals surface area (Å²) in [5.74, 6) is -0.303. The number of aromatic nitrogens is 2. The maximum atomic E-state index is 17.3. The van der Waals surface area contributed by atoms with Crippen LogP contribution in [0.15, 0.2) is 36.9 Å². The summed E-state index contributed by atoms with van der Waals surface area (Å²) in [6.45, 7) is 13.2. The third kappa shape index (κ3) is 6.46. The van der Waals surface area contributed by atoms with Crippen LogP contribution < -0.4 is 0 Å². The molecule has 2 atom stereocenters.